The van der Waals surface area contributed by atoms with Gasteiger partial charge in [-0.15, -0.1) is 0 Å². The molecule has 0 saturated heterocycles. The number of benzene rings is 1. The summed E-state index contributed by atoms with van der Waals surface area (Å²) in [7, 11) is -2.34. The highest BCUT2D eigenvalue weighted by Crippen LogP contribution is 2.30. The first kappa shape index (κ1) is 13.4. The summed E-state index contributed by atoms with van der Waals surface area (Å²) in [5, 5.41) is 10.1. The van der Waals surface area contributed by atoms with Crippen molar-refractivity contribution in [1.82, 2.24) is 0 Å². The van der Waals surface area contributed by atoms with Gasteiger partial charge in [-0.05, 0) is 19.9 Å². The lowest BCUT2D eigenvalue weighted by Gasteiger charge is -2.09. The van der Waals surface area contributed by atoms with Crippen LogP contribution in [0.15, 0.2) is 23.1 Å². The van der Waals surface area contributed by atoms with Crippen molar-refractivity contribution in [2.45, 2.75) is 24.0 Å². The zero-order valence-corrected chi connectivity index (χ0v) is 10.5. The number of ether oxygens (including phenoxy) is 1. The molecule has 1 rings (SSSR count). The van der Waals surface area contributed by atoms with Crippen LogP contribution in [0.1, 0.15) is 13.8 Å². The van der Waals surface area contributed by atoms with Crippen LogP contribution in [0.4, 0.5) is 5.69 Å². The Kier molecular flexibility index (Phi) is 3.72. The van der Waals surface area contributed by atoms with Crippen LogP contribution in [0.2, 0.25) is 0 Å². The number of sulfone groups is 1. The molecule has 0 bridgehead atoms. The van der Waals surface area contributed by atoms with Gasteiger partial charge >= 0.3 is 0 Å². The van der Waals surface area contributed by atoms with Crippen LogP contribution in [0, 0.1) is 10.1 Å². The van der Waals surface area contributed by atoms with Gasteiger partial charge in [-0.1, -0.05) is 0 Å². The molecule has 0 N–H and O–H groups in total. The van der Waals surface area contributed by atoms with E-state index < -0.39 is 25.7 Å². The summed E-state index contributed by atoms with van der Waals surface area (Å²) < 4.78 is 28.8. The first-order valence-electron chi connectivity index (χ1n) is 4.87. The fourth-order valence-electron chi connectivity index (χ4n) is 1.25. The molecule has 0 radical (unpaired) electrons. The quantitative estimate of drug-likeness (QED) is 0.607. The third-order valence-corrected chi connectivity index (χ3v) is 4.47. The monoisotopic (exact) mass is 259 g/mol. The lowest BCUT2D eigenvalue weighted by Crippen LogP contribution is -2.15. The van der Waals surface area contributed by atoms with E-state index in [-0.39, 0.29) is 10.6 Å². The predicted molar refractivity (Wildman–Crippen MR) is 62.0 cm³/mol. The first-order chi connectivity index (χ1) is 7.80. The third kappa shape index (κ3) is 2.55. The molecule has 17 heavy (non-hydrogen) atoms. The van der Waals surface area contributed by atoms with E-state index in [1.54, 1.807) is 0 Å². The van der Waals surface area contributed by atoms with E-state index >= 15 is 0 Å². The minimum absolute atomic E-state index is 0.273. The average molecular weight is 259 g/mol. The van der Waals surface area contributed by atoms with Crippen LogP contribution in [0.25, 0.3) is 0 Å². The molecule has 0 amide bonds. The number of rotatable bonds is 4. The van der Waals surface area contributed by atoms with Crippen LogP contribution in [-0.4, -0.2) is 25.7 Å². The van der Waals surface area contributed by atoms with Gasteiger partial charge in [0.2, 0.25) is 0 Å². The van der Waals surface area contributed by atoms with Crippen LogP contribution in [0.3, 0.4) is 0 Å². The van der Waals surface area contributed by atoms with Crippen molar-refractivity contribution in [2.75, 3.05) is 7.11 Å². The van der Waals surface area contributed by atoms with E-state index in [9.17, 15) is 18.5 Å². The maximum Gasteiger partial charge on any atom is 0.288 e. The largest absolute Gasteiger partial charge is 0.497 e. The van der Waals surface area contributed by atoms with E-state index in [1.807, 2.05) is 0 Å². The maximum absolute atomic E-state index is 12.0. The summed E-state index contributed by atoms with van der Waals surface area (Å²) in [5.74, 6) is 0.273. The standard InChI is InChI=1S/C10H13NO5S/c1-7(2)17(14,15)10-6-8(16-3)4-5-9(10)11(12)13/h4-7H,1-3H3. The first-order valence-corrected chi connectivity index (χ1v) is 6.41. The van der Waals surface area contributed by atoms with Crippen LogP contribution >= 0.6 is 0 Å². The summed E-state index contributed by atoms with van der Waals surface area (Å²) in [6, 6.07) is 3.67. The Balaban J connectivity index is 3.54. The summed E-state index contributed by atoms with van der Waals surface area (Å²) in [6.45, 7) is 2.94. The zero-order chi connectivity index (χ0) is 13.2. The highest BCUT2D eigenvalue weighted by Gasteiger charge is 2.29. The zero-order valence-electron chi connectivity index (χ0n) is 9.71. The molecular formula is C10H13NO5S. The molecule has 0 aliphatic rings. The summed E-state index contributed by atoms with van der Waals surface area (Å²) in [4.78, 5) is 9.77. The Labute approximate surface area is 99.3 Å². The average Bonchev–Trinajstić information content (AvgIpc) is 2.27. The summed E-state index contributed by atoms with van der Waals surface area (Å²) in [6.07, 6.45) is 0. The molecule has 0 fully saturated rings. The number of nitro groups is 1. The molecule has 94 valence electrons. The minimum Gasteiger partial charge on any atom is -0.497 e. The van der Waals surface area contributed by atoms with Crippen molar-refractivity contribution in [3.63, 3.8) is 0 Å². The molecule has 0 spiro atoms. The number of nitrogens with zero attached hydrogens (tertiary/aromatic N) is 1. The van der Waals surface area contributed by atoms with Crippen LogP contribution < -0.4 is 4.74 Å². The molecular weight excluding hydrogens is 246 g/mol. The lowest BCUT2D eigenvalue weighted by molar-refractivity contribution is -0.387. The Morgan fingerprint density at radius 1 is 1.35 bits per heavy atom. The molecule has 1 aromatic rings. The molecule has 1 aromatic carbocycles. The second-order valence-electron chi connectivity index (χ2n) is 3.68. The van der Waals surface area contributed by atoms with Gasteiger partial charge in [0.1, 0.15) is 10.6 Å². The van der Waals surface area contributed by atoms with Crippen LogP contribution in [-0.2, 0) is 9.84 Å². The van der Waals surface area contributed by atoms with E-state index in [0.29, 0.717) is 0 Å². The lowest BCUT2D eigenvalue weighted by atomic mass is 10.3. The van der Waals surface area contributed by atoms with Gasteiger partial charge in [0.05, 0.1) is 17.3 Å². The SMILES string of the molecule is COc1ccc([N+](=O)[O-])c(S(=O)(=O)C(C)C)c1. The van der Waals surface area contributed by atoms with Gasteiger partial charge in [-0.3, -0.25) is 10.1 Å². The Morgan fingerprint density at radius 3 is 2.35 bits per heavy atom. The van der Waals surface area contributed by atoms with Crippen molar-refractivity contribution in [3.05, 3.63) is 28.3 Å². The molecule has 7 heteroatoms. The van der Waals surface area contributed by atoms with Crippen molar-refractivity contribution in [1.29, 1.82) is 0 Å². The molecule has 6 nitrogen and oxygen atoms in total. The van der Waals surface area contributed by atoms with E-state index in [2.05, 4.69) is 0 Å². The second-order valence-corrected chi connectivity index (χ2v) is 6.16. The van der Waals surface area contributed by atoms with Crippen molar-refractivity contribution in [2.24, 2.45) is 0 Å². The second kappa shape index (κ2) is 4.70. The van der Waals surface area contributed by atoms with Gasteiger partial charge < -0.3 is 4.74 Å². The predicted octanol–water partition coefficient (Wildman–Crippen LogP) is 1.79. The molecule has 0 unspecified atom stereocenters. The fraction of sp³-hybridized carbons (Fsp3) is 0.400. The van der Waals surface area contributed by atoms with Crippen molar-refractivity contribution in [3.8, 4) is 5.75 Å². The number of methoxy groups -OCH3 is 1. The van der Waals surface area contributed by atoms with Gasteiger partial charge in [-0.2, -0.15) is 0 Å². The van der Waals surface area contributed by atoms with Gasteiger partial charge in [-0.25, -0.2) is 8.42 Å². The Morgan fingerprint density at radius 2 is 1.94 bits per heavy atom. The van der Waals surface area contributed by atoms with Gasteiger partial charge in [0.15, 0.2) is 9.84 Å². The fourth-order valence-corrected chi connectivity index (χ4v) is 2.48. The number of hydrogen-bond donors (Lipinski definition) is 0. The third-order valence-electron chi connectivity index (χ3n) is 2.29. The maximum atomic E-state index is 12.0. The molecule has 0 heterocycles. The molecule has 0 aliphatic heterocycles. The van der Waals surface area contributed by atoms with E-state index in [1.165, 1.54) is 33.1 Å². The van der Waals surface area contributed by atoms with Gasteiger partial charge in [0.25, 0.3) is 5.69 Å². The highest BCUT2D eigenvalue weighted by atomic mass is 32.2. The molecule has 0 saturated carbocycles. The number of hydrogen-bond acceptors (Lipinski definition) is 5. The summed E-state index contributed by atoms with van der Waals surface area (Å²) in [5.41, 5.74) is -0.431. The Hall–Kier alpha value is -1.63. The molecule has 0 atom stereocenters. The Bertz CT molecular complexity index is 536. The summed E-state index contributed by atoms with van der Waals surface area (Å²) >= 11 is 0. The van der Waals surface area contributed by atoms with E-state index in [0.717, 1.165) is 6.07 Å². The van der Waals surface area contributed by atoms with E-state index in [4.69, 9.17) is 4.74 Å². The van der Waals surface area contributed by atoms with Crippen molar-refractivity contribution >= 4 is 15.5 Å². The van der Waals surface area contributed by atoms with Gasteiger partial charge in [0, 0.05) is 12.1 Å². The minimum atomic E-state index is -3.71. The molecule has 0 aromatic heterocycles. The normalized spacial score (nSPS) is 11.5. The molecule has 0 aliphatic carbocycles. The van der Waals surface area contributed by atoms with Crippen molar-refractivity contribution < 1.29 is 18.1 Å². The highest BCUT2D eigenvalue weighted by molar-refractivity contribution is 7.92. The number of nitro benzene ring substituents is 1. The topological polar surface area (TPSA) is 86.5 Å². The smallest absolute Gasteiger partial charge is 0.288 e. The van der Waals surface area contributed by atoms with Crippen LogP contribution in [0.5, 0.6) is 5.75 Å².